The summed E-state index contributed by atoms with van der Waals surface area (Å²) in [5.74, 6) is 1.77. The van der Waals surface area contributed by atoms with Crippen LogP contribution in [0.1, 0.15) is 46.7 Å². The molecule has 0 radical (unpaired) electrons. The van der Waals surface area contributed by atoms with Crippen LogP contribution < -0.4 is 4.90 Å². The van der Waals surface area contributed by atoms with Crippen molar-refractivity contribution in [3.8, 4) is 0 Å². The average Bonchev–Trinajstić information content (AvgIpc) is 3.35. The molecule has 2 aliphatic rings. The van der Waals surface area contributed by atoms with Gasteiger partial charge in [-0.25, -0.2) is 0 Å². The van der Waals surface area contributed by atoms with Gasteiger partial charge in [-0.3, -0.25) is 4.98 Å². The smallest absolute Gasteiger partial charge is 0.180 e. The highest BCUT2D eigenvalue weighted by molar-refractivity contribution is 5.59. The minimum absolute atomic E-state index is 0.744. The second kappa shape index (κ2) is 5.00. The van der Waals surface area contributed by atoms with Crippen molar-refractivity contribution in [3.05, 3.63) is 46.5 Å². The lowest BCUT2D eigenvalue weighted by Gasteiger charge is -2.30. The van der Waals surface area contributed by atoms with Crippen LogP contribution >= 0.6 is 0 Å². The molecule has 3 aromatic rings. The number of aryl methyl sites for hydroxylation is 1. The van der Waals surface area contributed by atoms with Crippen molar-refractivity contribution in [2.75, 3.05) is 11.4 Å². The van der Waals surface area contributed by atoms with E-state index in [0.717, 1.165) is 42.5 Å². The second-order valence-corrected chi connectivity index (χ2v) is 6.99. The summed E-state index contributed by atoms with van der Waals surface area (Å²) >= 11 is 0. The summed E-state index contributed by atoms with van der Waals surface area (Å²) in [6.45, 7) is 6.05. The van der Waals surface area contributed by atoms with Crippen LogP contribution in [0.3, 0.4) is 0 Å². The Morgan fingerprint density at radius 2 is 2.04 bits per heavy atom. The highest BCUT2D eigenvalue weighted by Crippen LogP contribution is 2.40. The van der Waals surface area contributed by atoms with Gasteiger partial charge in [-0.2, -0.15) is 4.52 Å². The molecule has 0 unspecified atom stereocenters. The van der Waals surface area contributed by atoms with Crippen molar-refractivity contribution in [3.63, 3.8) is 0 Å². The number of rotatable bonds is 2. The highest BCUT2D eigenvalue weighted by Gasteiger charge is 2.27. The summed E-state index contributed by atoms with van der Waals surface area (Å²) < 4.78 is 1.78. The first-order valence-corrected chi connectivity index (χ1v) is 8.60. The Morgan fingerprint density at radius 1 is 1.17 bits per heavy atom. The normalized spacial score (nSPS) is 17.3. The Bertz CT molecular complexity index is 940. The molecule has 1 fully saturated rings. The molecule has 0 bridgehead atoms. The van der Waals surface area contributed by atoms with Crippen molar-refractivity contribution in [1.82, 2.24) is 24.8 Å². The molecule has 4 heterocycles. The third-order valence-corrected chi connectivity index (χ3v) is 5.38. The first-order valence-electron chi connectivity index (χ1n) is 8.60. The summed E-state index contributed by atoms with van der Waals surface area (Å²) in [6, 6.07) is 2.37. The van der Waals surface area contributed by atoms with E-state index in [9.17, 15) is 0 Å². The third kappa shape index (κ3) is 2.09. The maximum absolute atomic E-state index is 4.76. The van der Waals surface area contributed by atoms with E-state index >= 15 is 0 Å². The van der Waals surface area contributed by atoms with Crippen LogP contribution in [-0.2, 0) is 13.0 Å². The molecule has 0 saturated heterocycles. The molecule has 0 N–H and O–H groups in total. The predicted molar refractivity (Wildman–Crippen MR) is 91.2 cm³/mol. The van der Waals surface area contributed by atoms with Gasteiger partial charge in [0.1, 0.15) is 6.33 Å². The van der Waals surface area contributed by atoms with Crippen LogP contribution in [0.4, 0.5) is 5.82 Å². The molecule has 6 nitrogen and oxygen atoms in total. The minimum atomic E-state index is 0.744. The molecule has 24 heavy (non-hydrogen) atoms. The highest BCUT2D eigenvalue weighted by atomic mass is 15.4. The summed E-state index contributed by atoms with van der Waals surface area (Å²) in [7, 11) is 0. The van der Waals surface area contributed by atoms with E-state index in [4.69, 9.17) is 10.1 Å². The molecule has 1 saturated carbocycles. The van der Waals surface area contributed by atoms with Gasteiger partial charge in [-0.1, -0.05) is 6.07 Å². The maximum atomic E-state index is 4.76. The Balaban J connectivity index is 1.54. The Labute approximate surface area is 140 Å². The van der Waals surface area contributed by atoms with Crippen LogP contribution in [0, 0.1) is 13.8 Å². The van der Waals surface area contributed by atoms with E-state index in [-0.39, 0.29) is 0 Å². The molecule has 5 rings (SSSR count). The molecular formula is C18H20N6. The number of nitrogens with zero attached hydrogens (tertiary/aromatic N) is 6. The van der Waals surface area contributed by atoms with Crippen molar-refractivity contribution in [1.29, 1.82) is 0 Å². The quantitative estimate of drug-likeness (QED) is 0.726. The summed E-state index contributed by atoms with van der Waals surface area (Å²) in [6.07, 6.45) is 7.36. The Hall–Kier alpha value is -2.50. The topological polar surface area (TPSA) is 59.2 Å². The minimum Gasteiger partial charge on any atom is -0.350 e. The van der Waals surface area contributed by atoms with Crippen LogP contribution in [0.15, 0.2) is 18.6 Å². The largest absolute Gasteiger partial charge is 0.350 e. The van der Waals surface area contributed by atoms with Crippen LogP contribution in [0.25, 0.3) is 5.65 Å². The number of hydrogen-bond donors (Lipinski definition) is 0. The van der Waals surface area contributed by atoms with Gasteiger partial charge in [0.2, 0.25) is 0 Å². The molecule has 3 aromatic heterocycles. The van der Waals surface area contributed by atoms with Gasteiger partial charge in [0.25, 0.3) is 0 Å². The van der Waals surface area contributed by atoms with Gasteiger partial charge in [-0.05, 0) is 43.7 Å². The summed E-state index contributed by atoms with van der Waals surface area (Å²) in [4.78, 5) is 7.08. The van der Waals surface area contributed by atoms with E-state index < -0.39 is 0 Å². The molecule has 122 valence electrons. The fourth-order valence-electron chi connectivity index (χ4n) is 3.63. The lowest BCUT2D eigenvalue weighted by molar-refractivity contribution is 0.686. The van der Waals surface area contributed by atoms with Gasteiger partial charge >= 0.3 is 0 Å². The zero-order chi connectivity index (χ0) is 16.3. The second-order valence-electron chi connectivity index (χ2n) is 6.99. The van der Waals surface area contributed by atoms with Gasteiger partial charge in [0.15, 0.2) is 11.5 Å². The summed E-state index contributed by atoms with van der Waals surface area (Å²) in [5, 5.41) is 12.9. The maximum Gasteiger partial charge on any atom is 0.180 e. The molecule has 0 aromatic carbocycles. The molecule has 0 atom stereocenters. The number of aromatic nitrogens is 5. The van der Waals surface area contributed by atoms with Crippen LogP contribution in [-0.4, -0.2) is 31.3 Å². The Morgan fingerprint density at radius 3 is 2.88 bits per heavy atom. The zero-order valence-electron chi connectivity index (χ0n) is 14.0. The lowest BCUT2D eigenvalue weighted by Crippen LogP contribution is -2.33. The predicted octanol–water partition coefficient (Wildman–Crippen LogP) is 2.58. The molecular weight excluding hydrogens is 300 g/mol. The van der Waals surface area contributed by atoms with E-state index in [2.05, 4.69) is 41.2 Å². The monoisotopic (exact) mass is 320 g/mol. The van der Waals surface area contributed by atoms with E-state index in [1.807, 2.05) is 0 Å². The van der Waals surface area contributed by atoms with Crippen LogP contribution in [0.2, 0.25) is 0 Å². The van der Waals surface area contributed by atoms with Gasteiger partial charge in [0, 0.05) is 42.5 Å². The van der Waals surface area contributed by atoms with Crippen molar-refractivity contribution in [2.24, 2.45) is 0 Å². The molecule has 1 aliphatic carbocycles. The number of hydrogen-bond acceptors (Lipinski definition) is 5. The van der Waals surface area contributed by atoms with E-state index in [1.54, 1.807) is 10.8 Å². The molecule has 0 amide bonds. The van der Waals surface area contributed by atoms with Gasteiger partial charge in [0.05, 0.1) is 0 Å². The number of fused-ring (bicyclic) bond motifs is 2. The van der Waals surface area contributed by atoms with Gasteiger partial charge < -0.3 is 4.90 Å². The lowest BCUT2D eigenvalue weighted by atomic mass is 10.0. The number of pyridine rings is 1. The average molecular weight is 320 g/mol. The SMILES string of the molecule is Cc1c(N2CCc3ncc(C4CC4)cc3C2)nn2cnnc2c1C. The number of anilines is 1. The third-order valence-electron chi connectivity index (χ3n) is 5.38. The standard InChI is InChI=1S/C18H20N6/c1-11-12(2)18(22-24-10-20-21-17(11)24)23-6-5-16-15(9-23)7-14(8-19-16)13-3-4-13/h7-8,10,13H,3-6,9H2,1-2H3. The van der Waals surface area contributed by atoms with Crippen molar-refractivity contribution in [2.45, 2.75) is 45.6 Å². The van der Waals surface area contributed by atoms with Crippen molar-refractivity contribution < 1.29 is 0 Å². The first-order chi connectivity index (χ1) is 11.7. The fourth-order valence-corrected chi connectivity index (χ4v) is 3.63. The van der Waals surface area contributed by atoms with Gasteiger partial charge in [-0.15, -0.1) is 15.3 Å². The zero-order valence-corrected chi connectivity index (χ0v) is 14.0. The molecule has 1 aliphatic heterocycles. The van der Waals surface area contributed by atoms with Crippen LogP contribution in [0.5, 0.6) is 0 Å². The summed E-state index contributed by atoms with van der Waals surface area (Å²) in [5.41, 5.74) is 7.18. The molecule has 6 heteroatoms. The van der Waals surface area contributed by atoms with E-state index in [1.165, 1.54) is 35.2 Å². The first kappa shape index (κ1) is 13.9. The molecule has 0 spiro atoms. The van der Waals surface area contributed by atoms with E-state index in [0.29, 0.717) is 0 Å². The fraction of sp³-hybridized carbons (Fsp3) is 0.444. The van der Waals surface area contributed by atoms with Crippen molar-refractivity contribution >= 4 is 11.5 Å². The Kier molecular flexibility index (Phi) is 2.89.